The van der Waals surface area contributed by atoms with E-state index >= 15 is 0 Å². The number of benzene rings is 1. The number of ether oxygens (including phenoxy) is 1. The normalized spacial score (nSPS) is 24.1. The Hall–Kier alpha value is -2.28. The fraction of sp³-hybridized carbons (Fsp3) is 0.579. The molecule has 3 atom stereocenters. The molecule has 2 aromatic rings. The van der Waals surface area contributed by atoms with Gasteiger partial charge in [-0.25, -0.2) is 4.68 Å². The van der Waals surface area contributed by atoms with Gasteiger partial charge in [0.25, 0.3) is 0 Å². The van der Waals surface area contributed by atoms with Gasteiger partial charge in [-0.05, 0) is 35.8 Å². The topological polar surface area (TPSA) is 73.1 Å². The predicted molar refractivity (Wildman–Crippen MR) is 95.4 cm³/mol. The average molecular weight is 355 g/mol. The van der Waals surface area contributed by atoms with Gasteiger partial charge in [0.15, 0.2) is 0 Å². The molecular formula is C19H25N5O2. The van der Waals surface area contributed by atoms with E-state index in [0.717, 1.165) is 24.8 Å². The Balaban J connectivity index is 1.62. The van der Waals surface area contributed by atoms with Gasteiger partial charge in [-0.15, -0.1) is 5.10 Å². The number of tetrazole rings is 1. The molecule has 2 heterocycles. The SMILES string of the molecule is Cc1nnnn1C(Cc1ccccc1)C(=O)N1CCOC2CCCCC21. The van der Waals surface area contributed by atoms with Crippen LogP contribution in [-0.2, 0) is 16.0 Å². The maximum absolute atomic E-state index is 13.6. The van der Waals surface area contributed by atoms with Crippen LogP contribution >= 0.6 is 0 Å². The van der Waals surface area contributed by atoms with Crippen molar-refractivity contribution in [3.05, 3.63) is 41.7 Å². The van der Waals surface area contributed by atoms with Gasteiger partial charge in [0.1, 0.15) is 11.9 Å². The fourth-order valence-corrected chi connectivity index (χ4v) is 4.20. The zero-order valence-corrected chi connectivity index (χ0v) is 15.1. The Bertz CT molecular complexity index is 745. The summed E-state index contributed by atoms with van der Waals surface area (Å²) in [4.78, 5) is 15.6. The maximum atomic E-state index is 13.6. The molecule has 3 unspecified atom stereocenters. The molecule has 1 aliphatic heterocycles. The van der Waals surface area contributed by atoms with Gasteiger partial charge < -0.3 is 9.64 Å². The lowest BCUT2D eigenvalue weighted by molar-refractivity contribution is -0.153. The second-order valence-electron chi connectivity index (χ2n) is 7.17. The van der Waals surface area contributed by atoms with Crippen molar-refractivity contribution in [2.45, 2.75) is 57.2 Å². The molecule has 7 heteroatoms. The van der Waals surface area contributed by atoms with E-state index in [2.05, 4.69) is 15.5 Å². The van der Waals surface area contributed by atoms with Gasteiger partial charge in [0.2, 0.25) is 5.91 Å². The average Bonchev–Trinajstić information content (AvgIpc) is 3.11. The molecule has 2 fully saturated rings. The number of nitrogens with zero attached hydrogens (tertiary/aromatic N) is 5. The van der Waals surface area contributed by atoms with E-state index in [4.69, 9.17) is 4.74 Å². The van der Waals surface area contributed by atoms with Crippen LogP contribution in [0.5, 0.6) is 0 Å². The first-order chi connectivity index (χ1) is 12.7. The summed E-state index contributed by atoms with van der Waals surface area (Å²) in [5.74, 6) is 0.761. The van der Waals surface area contributed by atoms with Crippen LogP contribution in [0.2, 0.25) is 0 Å². The highest BCUT2D eigenvalue weighted by Gasteiger charge is 2.40. The molecule has 1 saturated carbocycles. The molecule has 1 aromatic heterocycles. The highest BCUT2D eigenvalue weighted by Crippen LogP contribution is 2.30. The summed E-state index contributed by atoms with van der Waals surface area (Å²) in [6.45, 7) is 3.10. The van der Waals surface area contributed by atoms with Crippen LogP contribution in [-0.4, -0.2) is 56.3 Å². The molecule has 0 radical (unpaired) electrons. The van der Waals surface area contributed by atoms with Crippen molar-refractivity contribution < 1.29 is 9.53 Å². The van der Waals surface area contributed by atoms with E-state index in [1.54, 1.807) is 4.68 Å². The van der Waals surface area contributed by atoms with Gasteiger partial charge >= 0.3 is 0 Å². The van der Waals surface area contributed by atoms with E-state index in [-0.39, 0.29) is 18.1 Å². The first-order valence-electron chi connectivity index (χ1n) is 9.44. The first-order valence-corrected chi connectivity index (χ1v) is 9.44. The number of carbonyl (C=O) groups excluding carboxylic acids is 1. The number of hydrogen-bond donors (Lipinski definition) is 0. The first kappa shape index (κ1) is 17.1. The Kier molecular flexibility index (Phi) is 4.97. The molecule has 7 nitrogen and oxygen atoms in total. The van der Waals surface area contributed by atoms with Crippen molar-refractivity contribution >= 4 is 5.91 Å². The number of morpholine rings is 1. The van der Waals surface area contributed by atoms with Gasteiger partial charge in [-0.1, -0.05) is 43.2 Å². The molecule has 4 rings (SSSR count). The van der Waals surface area contributed by atoms with E-state index in [0.29, 0.717) is 25.4 Å². The Morgan fingerprint density at radius 3 is 2.85 bits per heavy atom. The van der Waals surface area contributed by atoms with Crippen LogP contribution in [0.3, 0.4) is 0 Å². The lowest BCUT2D eigenvalue weighted by atomic mass is 9.89. The van der Waals surface area contributed by atoms with Crippen LogP contribution in [0.25, 0.3) is 0 Å². The van der Waals surface area contributed by atoms with E-state index < -0.39 is 6.04 Å². The van der Waals surface area contributed by atoms with Gasteiger partial charge in [0, 0.05) is 13.0 Å². The van der Waals surface area contributed by atoms with Crippen LogP contribution in [0.1, 0.15) is 43.1 Å². The highest BCUT2D eigenvalue weighted by molar-refractivity contribution is 5.81. The lowest BCUT2D eigenvalue weighted by Crippen LogP contribution is -2.56. The molecule has 0 spiro atoms. The van der Waals surface area contributed by atoms with Gasteiger partial charge in [-0.2, -0.15) is 0 Å². The van der Waals surface area contributed by atoms with Crippen LogP contribution < -0.4 is 0 Å². The highest BCUT2D eigenvalue weighted by atomic mass is 16.5. The third-order valence-electron chi connectivity index (χ3n) is 5.52. The number of aromatic nitrogens is 4. The maximum Gasteiger partial charge on any atom is 0.248 e. The van der Waals surface area contributed by atoms with Crippen LogP contribution in [0.15, 0.2) is 30.3 Å². The van der Waals surface area contributed by atoms with Crippen LogP contribution in [0.4, 0.5) is 0 Å². The van der Waals surface area contributed by atoms with Crippen molar-refractivity contribution in [1.29, 1.82) is 0 Å². The summed E-state index contributed by atoms with van der Waals surface area (Å²) >= 11 is 0. The summed E-state index contributed by atoms with van der Waals surface area (Å²) in [5, 5.41) is 11.9. The number of amides is 1. The Morgan fingerprint density at radius 1 is 1.27 bits per heavy atom. The van der Waals surface area contributed by atoms with Gasteiger partial charge in [0.05, 0.1) is 18.8 Å². The zero-order chi connectivity index (χ0) is 17.9. The summed E-state index contributed by atoms with van der Waals surface area (Å²) < 4.78 is 7.60. The quantitative estimate of drug-likeness (QED) is 0.838. The number of rotatable bonds is 4. The van der Waals surface area contributed by atoms with Crippen molar-refractivity contribution in [2.24, 2.45) is 0 Å². The van der Waals surface area contributed by atoms with Crippen molar-refractivity contribution in [3.8, 4) is 0 Å². The summed E-state index contributed by atoms with van der Waals surface area (Å²) in [6.07, 6.45) is 5.16. The summed E-state index contributed by atoms with van der Waals surface area (Å²) in [6, 6.07) is 9.82. The third-order valence-corrected chi connectivity index (χ3v) is 5.52. The molecule has 26 heavy (non-hydrogen) atoms. The molecule has 0 bridgehead atoms. The number of aryl methyl sites for hydroxylation is 1. The minimum atomic E-state index is -0.423. The second-order valence-corrected chi connectivity index (χ2v) is 7.17. The van der Waals surface area contributed by atoms with E-state index in [1.807, 2.05) is 42.2 Å². The van der Waals surface area contributed by atoms with Gasteiger partial charge in [-0.3, -0.25) is 4.79 Å². The van der Waals surface area contributed by atoms with Crippen LogP contribution in [0, 0.1) is 6.92 Å². The minimum Gasteiger partial charge on any atom is -0.374 e. The molecule has 1 saturated heterocycles. The molecular weight excluding hydrogens is 330 g/mol. The molecule has 1 amide bonds. The largest absolute Gasteiger partial charge is 0.374 e. The summed E-state index contributed by atoms with van der Waals surface area (Å²) in [7, 11) is 0. The Labute approximate surface area is 153 Å². The number of fused-ring (bicyclic) bond motifs is 1. The molecule has 138 valence electrons. The smallest absolute Gasteiger partial charge is 0.248 e. The zero-order valence-electron chi connectivity index (χ0n) is 15.1. The fourth-order valence-electron chi connectivity index (χ4n) is 4.20. The van der Waals surface area contributed by atoms with E-state index in [9.17, 15) is 4.79 Å². The number of hydrogen-bond acceptors (Lipinski definition) is 5. The molecule has 0 N–H and O–H groups in total. The third kappa shape index (κ3) is 3.35. The van der Waals surface area contributed by atoms with Crippen molar-refractivity contribution in [3.63, 3.8) is 0 Å². The monoisotopic (exact) mass is 355 g/mol. The molecule has 1 aromatic carbocycles. The predicted octanol–water partition coefficient (Wildman–Crippen LogP) is 1.94. The number of carbonyl (C=O) groups is 1. The molecule has 1 aliphatic carbocycles. The minimum absolute atomic E-state index is 0.101. The Morgan fingerprint density at radius 2 is 2.08 bits per heavy atom. The van der Waals surface area contributed by atoms with Crippen molar-refractivity contribution in [1.82, 2.24) is 25.1 Å². The molecule has 2 aliphatic rings. The standard InChI is InChI=1S/C19H25N5O2/c1-14-20-21-22-24(14)17(13-15-7-3-2-4-8-15)19(25)23-11-12-26-18-10-6-5-9-16(18)23/h2-4,7-8,16-18H,5-6,9-13H2,1H3. The second kappa shape index (κ2) is 7.53. The lowest BCUT2D eigenvalue weighted by Gasteiger charge is -2.44. The van der Waals surface area contributed by atoms with E-state index in [1.165, 1.54) is 6.42 Å². The summed E-state index contributed by atoms with van der Waals surface area (Å²) in [5.41, 5.74) is 1.11. The van der Waals surface area contributed by atoms with Crippen molar-refractivity contribution in [2.75, 3.05) is 13.2 Å².